The molecule has 0 radical (unpaired) electrons. The monoisotopic (exact) mass is 290 g/mol. The summed E-state index contributed by atoms with van der Waals surface area (Å²) in [5, 5.41) is 12.0. The molecule has 110 valence electrons. The molecule has 7 heteroatoms. The molecule has 19 heavy (non-hydrogen) atoms. The number of rotatable bonds is 6. The highest BCUT2D eigenvalue weighted by atomic mass is 31.2. The van der Waals surface area contributed by atoms with E-state index in [4.69, 9.17) is 5.11 Å². The third-order valence-corrected chi connectivity index (χ3v) is 6.54. The van der Waals surface area contributed by atoms with Gasteiger partial charge in [-0.2, -0.15) is 0 Å². The van der Waals surface area contributed by atoms with Crippen molar-refractivity contribution in [2.24, 2.45) is 0 Å². The fourth-order valence-corrected chi connectivity index (χ4v) is 3.98. The van der Waals surface area contributed by atoms with Crippen LogP contribution in [0.5, 0.6) is 0 Å². The van der Waals surface area contributed by atoms with Crippen LogP contribution in [-0.4, -0.2) is 52.8 Å². The summed E-state index contributed by atoms with van der Waals surface area (Å²) >= 11 is 0. The maximum Gasteiger partial charge on any atom is 0.326 e. The van der Waals surface area contributed by atoms with Crippen molar-refractivity contribution in [1.82, 2.24) is 9.99 Å². The fourth-order valence-electron chi connectivity index (χ4n) is 2.35. The summed E-state index contributed by atoms with van der Waals surface area (Å²) in [4.78, 5) is 24.7. The zero-order chi connectivity index (χ0) is 14.6. The van der Waals surface area contributed by atoms with Crippen LogP contribution in [0.3, 0.4) is 0 Å². The first-order chi connectivity index (χ1) is 8.84. The highest BCUT2D eigenvalue weighted by Gasteiger charge is 2.37. The number of hydrogen-bond donors (Lipinski definition) is 2. The van der Waals surface area contributed by atoms with E-state index in [0.717, 1.165) is 0 Å². The van der Waals surface area contributed by atoms with Crippen LogP contribution in [0.2, 0.25) is 0 Å². The smallest absolute Gasteiger partial charge is 0.326 e. The number of nitrogens with zero attached hydrogens (tertiary/aromatic N) is 1. The van der Waals surface area contributed by atoms with Gasteiger partial charge in [0, 0.05) is 18.9 Å². The Bertz CT molecular complexity index is 391. The molecule has 1 saturated heterocycles. The van der Waals surface area contributed by atoms with Crippen molar-refractivity contribution in [3.63, 3.8) is 0 Å². The van der Waals surface area contributed by atoms with Crippen molar-refractivity contribution < 1.29 is 19.3 Å². The Morgan fingerprint density at radius 3 is 2.47 bits per heavy atom. The second-order valence-corrected chi connectivity index (χ2v) is 8.20. The predicted molar refractivity (Wildman–Crippen MR) is 73.7 cm³/mol. The molecule has 0 aromatic heterocycles. The van der Waals surface area contributed by atoms with Gasteiger partial charge in [-0.25, -0.2) is 4.79 Å². The van der Waals surface area contributed by atoms with Crippen molar-refractivity contribution in [2.75, 3.05) is 18.9 Å². The van der Waals surface area contributed by atoms with E-state index in [0.29, 0.717) is 31.7 Å². The van der Waals surface area contributed by atoms with E-state index in [1.54, 1.807) is 6.92 Å². The van der Waals surface area contributed by atoms with Crippen LogP contribution in [0.15, 0.2) is 0 Å². The number of carbonyl (C=O) groups excluding carboxylic acids is 1. The van der Waals surface area contributed by atoms with Gasteiger partial charge in [0.1, 0.15) is 13.3 Å². The zero-order valence-electron chi connectivity index (χ0n) is 11.8. The van der Waals surface area contributed by atoms with Gasteiger partial charge in [0.25, 0.3) is 0 Å². The molecule has 1 fully saturated rings. The lowest BCUT2D eigenvalue weighted by molar-refractivity contribution is -0.148. The number of amides is 1. The van der Waals surface area contributed by atoms with E-state index in [9.17, 15) is 14.2 Å². The summed E-state index contributed by atoms with van der Waals surface area (Å²) in [5.74, 6) is -1.24. The van der Waals surface area contributed by atoms with Gasteiger partial charge in [0.15, 0.2) is 0 Å². The fraction of sp³-hybridized carbons (Fsp3) is 0.833. The molecule has 2 atom stereocenters. The highest BCUT2D eigenvalue weighted by molar-refractivity contribution is 7.61. The summed E-state index contributed by atoms with van der Waals surface area (Å²) in [7, 11) is -2.52. The normalized spacial score (nSPS) is 21.4. The van der Waals surface area contributed by atoms with Crippen LogP contribution < -0.4 is 5.09 Å². The molecule has 6 nitrogen and oxygen atoms in total. The number of carboxylic acids is 1. The molecule has 0 aromatic rings. The summed E-state index contributed by atoms with van der Waals surface area (Å²) in [6, 6.07) is -1.34. The lowest BCUT2D eigenvalue weighted by Crippen LogP contribution is -2.48. The average Bonchev–Trinajstić information content (AvgIpc) is 2.86. The molecule has 1 heterocycles. The molecular weight excluding hydrogens is 267 g/mol. The molecule has 0 bridgehead atoms. The Morgan fingerprint density at radius 2 is 2.00 bits per heavy atom. The summed E-state index contributed by atoms with van der Waals surface area (Å²) in [5.41, 5.74) is 0. The predicted octanol–water partition coefficient (Wildman–Crippen LogP) is 1.36. The van der Waals surface area contributed by atoms with Crippen LogP contribution in [0, 0.1) is 0 Å². The molecule has 0 aromatic carbocycles. The van der Waals surface area contributed by atoms with Gasteiger partial charge in [0.05, 0.1) is 6.04 Å². The van der Waals surface area contributed by atoms with Crippen LogP contribution in [0.4, 0.5) is 0 Å². The largest absolute Gasteiger partial charge is 0.480 e. The zero-order valence-corrected chi connectivity index (χ0v) is 12.7. The third kappa shape index (κ3) is 3.80. The van der Waals surface area contributed by atoms with Gasteiger partial charge in [-0.15, -0.1) is 0 Å². The number of hydrogen-bond acceptors (Lipinski definition) is 3. The number of carboxylic acid groups (broad SMARTS) is 1. The first-order valence-electron chi connectivity index (χ1n) is 6.73. The molecule has 0 aliphatic carbocycles. The van der Waals surface area contributed by atoms with Crippen molar-refractivity contribution in [3.8, 4) is 0 Å². The Kier molecular flexibility index (Phi) is 5.56. The molecule has 0 spiro atoms. The first kappa shape index (κ1) is 16.2. The van der Waals surface area contributed by atoms with Crippen LogP contribution in [0.25, 0.3) is 0 Å². The molecule has 1 amide bonds. The van der Waals surface area contributed by atoms with Crippen LogP contribution in [-0.2, 0) is 14.2 Å². The Hall–Kier alpha value is -0.870. The van der Waals surface area contributed by atoms with E-state index in [2.05, 4.69) is 5.09 Å². The molecular formula is C12H23N2O4P. The maximum atomic E-state index is 12.3. The SMILES string of the molecule is CCP(=O)(CC)N[C@@H](C)C(=O)N1CCC[C@H]1C(=O)O. The number of aliphatic carboxylic acids is 1. The van der Waals surface area contributed by atoms with E-state index in [-0.39, 0.29) is 5.91 Å². The van der Waals surface area contributed by atoms with Gasteiger partial charge in [-0.3, -0.25) is 9.88 Å². The minimum Gasteiger partial charge on any atom is -0.480 e. The number of nitrogens with one attached hydrogen (secondary N) is 1. The first-order valence-corrected chi connectivity index (χ1v) is 8.81. The van der Waals surface area contributed by atoms with Crippen molar-refractivity contribution >= 4 is 19.2 Å². The van der Waals surface area contributed by atoms with E-state index in [1.165, 1.54) is 4.90 Å². The van der Waals surface area contributed by atoms with E-state index >= 15 is 0 Å². The van der Waals surface area contributed by atoms with E-state index < -0.39 is 25.3 Å². The lowest BCUT2D eigenvalue weighted by atomic mass is 10.2. The van der Waals surface area contributed by atoms with Gasteiger partial charge in [0.2, 0.25) is 5.91 Å². The second-order valence-electron chi connectivity index (χ2n) is 4.90. The lowest BCUT2D eigenvalue weighted by Gasteiger charge is -2.27. The third-order valence-electron chi connectivity index (χ3n) is 3.64. The molecule has 0 saturated carbocycles. The number of carbonyl (C=O) groups is 2. The number of likely N-dealkylation sites (tertiary alicyclic amines) is 1. The highest BCUT2D eigenvalue weighted by Crippen LogP contribution is 2.40. The van der Waals surface area contributed by atoms with Crippen LogP contribution >= 0.6 is 7.29 Å². The van der Waals surface area contributed by atoms with Gasteiger partial charge in [-0.05, 0) is 19.8 Å². The van der Waals surface area contributed by atoms with Gasteiger partial charge in [-0.1, -0.05) is 13.8 Å². The maximum absolute atomic E-state index is 12.3. The standard InChI is InChI=1S/C12H23N2O4P/c1-4-19(18,5-2)13-9(3)11(15)14-8-6-7-10(14)12(16)17/h9-10H,4-8H2,1-3H3,(H,13,18)(H,16,17)/t9-,10-/m0/s1. The van der Waals surface area contributed by atoms with Crippen molar-refractivity contribution in [1.29, 1.82) is 0 Å². The van der Waals surface area contributed by atoms with Crippen LogP contribution in [0.1, 0.15) is 33.6 Å². The minimum atomic E-state index is -2.52. The molecule has 2 N–H and O–H groups in total. The van der Waals surface area contributed by atoms with E-state index in [1.807, 2.05) is 13.8 Å². The average molecular weight is 290 g/mol. The Labute approximate surface area is 114 Å². The quantitative estimate of drug-likeness (QED) is 0.721. The molecule has 0 unspecified atom stereocenters. The minimum absolute atomic E-state index is 0.271. The molecule has 1 aliphatic heterocycles. The summed E-state index contributed by atoms with van der Waals surface area (Å²) in [6.45, 7) is 5.76. The topological polar surface area (TPSA) is 86.7 Å². The molecule has 1 rings (SSSR count). The summed E-state index contributed by atoms with van der Waals surface area (Å²) < 4.78 is 12.3. The Balaban J connectivity index is 2.72. The van der Waals surface area contributed by atoms with Crippen molar-refractivity contribution in [2.45, 2.75) is 45.7 Å². The molecule has 1 aliphatic rings. The Morgan fingerprint density at radius 1 is 1.42 bits per heavy atom. The van der Waals surface area contributed by atoms with Gasteiger partial charge >= 0.3 is 5.97 Å². The second kappa shape index (κ2) is 6.53. The van der Waals surface area contributed by atoms with Crippen molar-refractivity contribution in [3.05, 3.63) is 0 Å². The summed E-state index contributed by atoms with van der Waals surface area (Å²) in [6.07, 6.45) is 2.18. The van der Waals surface area contributed by atoms with Gasteiger partial charge < -0.3 is 14.6 Å².